The average molecular weight is 407 g/mol. The lowest BCUT2D eigenvalue weighted by Gasteiger charge is -2.20. The van der Waals surface area contributed by atoms with E-state index in [1.165, 1.54) is 43.4 Å². The smallest absolute Gasteiger partial charge is 0.306 e. The van der Waals surface area contributed by atoms with Crippen LogP contribution >= 0.6 is 11.3 Å². The minimum Gasteiger partial charge on any atom is -0.456 e. The van der Waals surface area contributed by atoms with Gasteiger partial charge in [-0.05, 0) is 50.0 Å². The van der Waals surface area contributed by atoms with E-state index in [0.29, 0.717) is 17.0 Å². The van der Waals surface area contributed by atoms with Gasteiger partial charge in [0.25, 0.3) is 11.8 Å². The number of nitrogens with one attached hydrogen (secondary N) is 1. The number of ether oxygens (including phenoxy) is 1. The van der Waals surface area contributed by atoms with Gasteiger partial charge in [0.2, 0.25) is 0 Å². The summed E-state index contributed by atoms with van der Waals surface area (Å²) < 4.78 is 5.11. The number of primary amides is 1. The van der Waals surface area contributed by atoms with E-state index in [1.54, 1.807) is 0 Å². The van der Waals surface area contributed by atoms with E-state index in [0.717, 1.165) is 54.9 Å². The Morgan fingerprint density at radius 3 is 2.57 bits per heavy atom. The van der Waals surface area contributed by atoms with Crippen LogP contribution in [0.3, 0.4) is 0 Å². The highest BCUT2D eigenvalue weighted by atomic mass is 32.1. The first-order chi connectivity index (χ1) is 13.5. The number of hydrogen-bond donors (Lipinski definition) is 2. The highest BCUT2D eigenvalue weighted by Crippen LogP contribution is 2.37. The fourth-order valence-corrected chi connectivity index (χ4v) is 5.62. The van der Waals surface area contributed by atoms with E-state index in [2.05, 4.69) is 5.32 Å². The summed E-state index contributed by atoms with van der Waals surface area (Å²) in [6.45, 7) is -0.330. The highest BCUT2D eigenvalue weighted by molar-refractivity contribution is 7.17. The molecule has 1 fully saturated rings. The van der Waals surface area contributed by atoms with E-state index in [9.17, 15) is 14.4 Å². The van der Waals surface area contributed by atoms with Gasteiger partial charge in [0.1, 0.15) is 5.00 Å². The van der Waals surface area contributed by atoms with E-state index < -0.39 is 11.8 Å². The summed E-state index contributed by atoms with van der Waals surface area (Å²) in [5.74, 6) is -0.551. The van der Waals surface area contributed by atoms with Crippen molar-refractivity contribution < 1.29 is 19.1 Å². The maximum Gasteiger partial charge on any atom is 0.306 e. The first-order valence-electron chi connectivity index (χ1n) is 10.4. The largest absolute Gasteiger partial charge is 0.456 e. The van der Waals surface area contributed by atoms with Crippen molar-refractivity contribution in [2.75, 3.05) is 11.9 Å². The molecule has 2 amide bonds. The van der Waals surface area contributed by atoms with Gasteiger partial charge < -0.3 is 15.8 Å². The van der Waals surface area contributed by atoms with Crippen LogP contribution in [0.1, 0.15) is 85.0 Å². The van der Waals surface area contributed by atoms with Gasteiger partial charge >= 0.3 is 5.97 Å². The predicted octanol–water partition coefficient (Wildman–Crippen LogP) is 3.96. The lowest BCUT2D eigenvalue weighted by atomic mass is 9.86. The summed E-state index contributed by atoms with van der Waals surface area (Å²) in [7, 11) is 0. The second kappa shape index (κ2) is 10.0. The van der Waals surface area contributed by atoms with Crippen molar-refractivity contribution in [3.05, 3.63) is 16.0 Å². The van der Waals surface area contributed by atoms with Gasteiger partial charge in [0.15, 0.2) is 6.61 Å². The number of hydrogen-bond acceptors (Lipinski definition) is 5. The van der Waals surface area contributed by atoms with Crippen LogP contribution in [0.15, 0.2) is 0 Å². The van der Waals surface area contributed by atoms with Gasteiger partial charge in [0.05, 0.1) is 5.56 Å². The highest BCUT2D eigenvalue weighted by Gasteiger charge is 2.25. The minimum absolute atomic E-state index is 0.330. The second-order valence-electron chi connectivity index (χ2n) is 7.88. The molecule has 0 radical (unpaired) electrons. The molecule has 0 unspecified atom stereocenters. The molecule has 7 heteroatoms. The summed E-state index contributed by atoms with van der Waals surface area (Å²) in [6, 6.07) is 0. The van der Waals surface area contributed by atoms with Crippen LogP contribution in [-0.2, 0) is 27.2 Å². The fourth-order valence-electron chi connectivity index (χ4n) is 4.31. The van der Waals surface area contributed by atoms with Crippen molar-refractivity contribution in [2.45, 2.75) is 77.0 Å². The number of nitrogens with two attached hydrogens (primary N) is 1. The number of amides is 2. The summed E-state index contributed by atoms with van der Waals surface area (Å²) in [4.78, 5) is 37.1. The van der Waals surface area contributed by atoms with Crippen molar-refractivity contribution in [1.29, 1.82) is 0 Å². The standard InChI is InChI=1S/C21H30N2O4S/c22-20(26)19-15-10-4-5-11-16(15)28-21(19)23-17(24)13-27-18(25)12-6-9-14-7-2-1-3-8-14/h14H,1-13H2,(H2,22,26)(H,23,24). The molecule has 0 aliphatic heterocycles. The Morgan fingerprint density at radius 1 is 1.07 bits per heavy atom. The molecular formula is C21H30N2O4S. The number of anilines is 1. The average Bonchev–Trinajstić information content (AvgIpc) is 3.05. The minimum atomic E-state index is -0.519. The van der Waals surface area contributed by atoms with Gasteiger partial charge in [-0.25, -0.2) is 0 Å². The number of rotatable bonds is 8. The molecule has 6 nitrogen and oxygen atoms in total. The van der Waals surface area contributed by atoms with Crippen molar-refractivity contribution in [1.82, 2.24) is 0 Å². The molecule has 1 saturated carbocycles. The van der Waals surface area contributed by atoms with Gasteiger partial charge in [0, 0.05) is 11.3 Å². The normalized spacial score (nSPS) is 17.0. The predicted molar refractivity (Wildman–Crippen MR) is 109 cm³/mol. The quantitative estimate of drug-likeness (QED) is 0.638. The Labute approximate surface area is 170 Å². The maximum atomic E-state index is 12.2. The first kappa shape index (κ1) is 20.8. The fraction of sp³-hybridized carbons (Fsp3) is 0.667. The van der Waals surface area contributed by atoms with Gasteiger partial charge in [-0.2, -0.15) is 0 Å². The molecular weight excluding hydrogens is 376 g/mol. The van der Waals surface area contributed by atoms with Crippen LogP contribution in [0.5, 0.6) is 0 Å². The SMILES string of the molecule is NC(=O)c1c(NC(=O)COC(=O)CCCC2CCCCC2)sc2c1CCCC2. The Kier molecular flexibility index (Phi) is 7.48. The van der Waals surface area contributed by atoms with Crippen LogP contribution < -0.4 is 11.1 Å². The molecule has 154 valence electrons. The van der Waals surface area contributed by atoms with Crippen molar-refractivity contribution in [2.24, 2.45) is 11.7 Å². The summed E-state index contributed by atoms with van der Waals surface area (Å²) in [5.41, 5.74) is 6.92. The molecule has 1 aromatic rings. The molecule has 0 aromatic carbocycles. The third-order valence-corrected chi connectivity index (χ3v) is 6.96. The molecule has 0 bridgehead atoms. The number of aryl methyl sites for hydroxylation is 1. The van der Waals surface area contributed by atoms with Crippen molar-refractivity contribution in [3.8, 4) is 0 Å². The number of esters is 1. The summed E-state index contributed by atoms with van der Waals surface area (Å²) in [5, 5.41) is 3.20. The lowest BCUT2D eigenvalue weighted by molar-refractivity contribution is -0.147. The molecule has 2 aliphatic rings. The van der Waals surface area contributed by atoms with Gasteiger partial charge in [-0.15, -0.1) is 11.3 Å². The van der Waals surface area contributed by atoms with E-state index in [-0.39, 0.29) is 12.6 Å². The Morgan fingerprint density at radius 2 is 1.82 bits per heavy atom. The Hall–Kier alpha value is -1.89. The molecule has 0 atom stereocenters. The molecule has 2 aliphatic carbocycles. The number of carbonyl (C=O) groups is 3. The number of carbonyl (C=O) groups excluding carboxylic acids is 3. The van der Waals surface area contributed by atoms with Crippen LogP contribution in [0.25, 0.3) is 0 Å². The summed E-state index contributed by atoms with van der Waals surface area (Å²) in [6.07, 6.45) is 12.5. The molecule has 0 spiro atoms. The number of fused-ring (bicyclic) bond motifs is 1. The van der Waals surface area contributed by atoms with Crippen LogP contribution in [0, 0.1) is 5.92 Å². The maximum absolute atomic E-state index is 12.2. The van der Waals surface area contributed by atoms with Gasteiger partial charge in [-0.1, -0.05) is 32.1 Å². The van der Waals surface area contributed by atoms with E-state index in [1.807, 2.05) is 0 Å². The topological polar surface area (TPSA) is 98.5 Å². The van der Waals surface area contributed by atoms with E-state index >= 15 is 0 Å². The molecule has 0 saturated heterocycles. The van der Waals surface area contributed by atoms with Gasteiger partial charge in [-0.3, -0.25) is 14.4 Å². The molecule has 28 heavy (non-hydrogen) atoms. The van der Waals surface area contributed by atoms with Crippen LogP contribution in [0.2, 0.25) is 0 Å². The zero-order valence-corrected chi connectivity index (χ0v) is 17.2. The molecule has 3 N–H and O–H groups in total. The zero-order chi connectivity index (χ0) is 19.9. The Balaban J connectivity index is 1.43. The van der Waals surface area contributed by atoms with Crippen LogP contribution in [0.4, 0.5) is 5.00 Å². The third kappa shape index (κ3) is 5.56. The molecule has 1 heterocycles. The second-order valence-corrected chi connectivity index (χ2v) is 8.99. The summed E-state index contributed by atoms with van der Waals surface area (Å²) >= 11 is 1.41. The van der Waals surface area contributed by atoms with Crippen LogP contribution in [-0.4, -0.2) is 24.4 Å². The van der Waals surface area contributed by atoms with Crippen molar-refractivity contribution in [3.63, 3.8) is 0 Å². The molecule has 3 rings (SSSR count). The van der Waals surface area contributed by atoms with E-state index in [4.69, 9.17) is 10.5 Å². The third-order valence-electron chi connectivity index (χ3n) is 5.75. The lowest BCUT2D eigenvalue weighted by Crippen LogP contribution is -2.23. The van der Waals surface area contributed by atoms with Crippen molar-refractivity contribution >= 4 is 34.1 Å². The Bertz CT molecular complexity index is 722. The first-order valence-corrected chi connectivity index (χ1v) is 11.3. The number of thiophene rings is 1. The molecule has 1 aromatic heterocycles. The zero-order valence-electron chi connectivity index (χ0n) is 16.4. The monoisotopic (exact) mass is 406 g/mol.